The molecule has 2 amide bonds. The van der Waals surface area contributed by atoms with Crippen LogP contribution in [0.25, 0.3) is 0 Å². The molecular formula is C21H29N3O3. The van der Waals surface area contributed by atoms with Crippen molar-refractivity contribution in [2.45, 2.75) is 33.7 Å². The van der Waals surface area contributed by atoms with Gasteiger partial charge in [0, 0.05) is 44.5 Å². The molecule has 146 valence electrons. The van der Waals surface area contributed by atoms with E-state index in [0.29, 0.717) is 18.8 Å². The number of furan rings is 1. The minimum atomic E-state index is -0.299. The van der Waals surface area contributed by atoms with Crippen LogP contribution in [0.2, 0.25) is 0 Å². The molecule has 1 aromatic heterocycles. The van der Waals surface area contributed by atoms with Gasteiger partial charge in [0.05, 0.1) is 6.26 Å². The lowest BCUT2D eigenvalue weighted by Crippen LogP contribution is -2.34. The quantitative estimate of drug-likeness (QED) is 0.762. The maximum absolute atomic E-state index is 12.6. The summed E-state index contributed by atoms with van der Waals surface area (Å²) < 4.78 is 5.14. The summed E-state index contributed by atoms with van der Waals surface area (Å²) in [6.45, 7) is 7.10. The molecule has 1 heterocycles. The van der Waals surface area contributed by atoms with Crippen LogP contribution >= 0.6 is 0 Å². The van der Waals surface area contributed by atoms with Gasteiger partial charge >= 0.3 is 0 Å². The molecule has 2 aromatic rings. The molecule has 0 saturated heterocycles. The Morgan fingerprint density at radius 3 is 2.48 bits per heavy atom. The van der Waals surface area contributed by atoms with Crippen molar-refractivity contribution in [1.29, 1.82) is 0 Å². The molecule has 1 aromatic carbocycles. The van der Waals surface area contributed by atoms with E-state index in [1.165, 1.54) is 6.26 Å². The zero-order chi connectivity index (χ0) is 20.0. The van der Waals surface area contributed by atoms with Gasteiger partial charge in [0.25, 0.3) is 5.91 Å². The van der Waals surface area contributed by atoms with E-state index in [9.17, 15) is 9.59 Å². The highest BCUT2D eigenvalue weighted by Gasteiger charge is 2.19. The molecule has 0 aliphatic rings. The molecule has 0 saturated carbocycles. The highest BCUT2D eigenvalue weighted by molar-refractivity contribution is 6.02. The molecule has 0 atom stereocenters. The second kappa shape index (κ2) is 9.26. The normalized spacial score (nSPS) is 10.7. The molecule has 0 aliphatic carbocycles. The lowest BCUT2D eigenvalue weighted by molar-refractivity contribution is -0.135. The van der Waals surface area contributed by atoms with Crippen molar-refractivity contribution in [2.24, 2.45) is 5.92 Å². The first-order valence-corrected chi connectivity index (χ1v) is 9.27. The summed E-state index contributed by atoms with van der Waals surface area (Å²) >= 11 is 0. The summed E-state index contributed by atoms with van der Waals surface area (Å²) in [5.74, 6) is 0.0378. The van der Waals surface area contributed by atoms with Crippen molar-refractivity contribution < 1.29 is 14.0 Å². The van der Waals surface area contributed by atoms with E-state index in [1.54, 1.807) is 12.1 Å². The van der Waals surface area contributed by atoms with E-state index in [4.69, 9.17) is 4.42 Å². The maximum atomic E-state index is 12.6. The van der Waals surface area contributed by atoms with Crippen LogP contribution in [0.3, 0.4) is 0 Å². The third-order valence-electron chi connectivity index (χ3n) is 4.22. The lowest BCUT2D eigenvalue weighted by Gasteiger charge is -2.27. The van der Waals surface area contributed by atoms with Crippen LogP contribution < -0.4 is 10.2 Å². The predicted molar refractivity (Wildman–Crippen MR) is 108 cm³/mol. The van der Waals surface area contributed by atoms with E-state index in [-0.39, 0.29) is 23.5 Å². The molecule has 2 rings (SSSR count). The third-order valence-corrected chi connectivity index (χ3v) is 4.22. The molecule has 0 radical (unpaired) electrons. The van der Waals surface area contributed by atoms with Crippen molar-refractivity contribution in [3.63, 3.8) is 0 Å². The number of carbonyl (C=O) groups is 2. The maximum Gasteiger partial charge on any atom is 0.291 e. The molecule has 0 aliphatic heterocycles. The van der Waals surface area contributed by atoms with Crippen molar-refractivity contribution in [3.05, 3.63) is 47.9 Å². The predicted octanol–water partition coefficient (Wildman–Crippen LogP) is 3.99. The van der Waals surface area contributed by atoms with Crippen molar-refractivity contribution in [2.75, 3.05) is 30.9 Å². The van der Waals surface area contributed by atoms with Crippen LogP contribution in [-0.2, 0) is 11.3 Å². The van der Waals surface area contributed by atoms with Crippen LogP contribution in [0, 0.1) is 5.92 Å². The van der Waals surface area contributed by atoms with Gasteiger partial charge in [-0.15, -0.1) is 0 Å². The minimum Gasteiger partial charge on any atom is -0.459 e. The number of nitrogens with one attached hydrogen (secondary N) is 1. The summed E-state index contributed by atoms with van der Waals surface area (Å²) in [5.41, 5.74) is 2.67. The Labute approximate surface area is 161 Å². The standard InChI is InChI=1S/C21H29N3O3/c1-6-11-24(21(26)15(2)3)14-16-13-17(9-10-18(16)23(4)5)22-20(25)19-8-7-12-27-19/h7-10,12-13,15H,6,11,14H2,1-5H3,(H,22,25). The SMILES string of the molecule is CCCN(Cc1cc(NC(=O)c2ccco2)ccc1N(C)C)C(=O)C(C)C. The molecule has 27 heavy (non-hydrogen) atoms. The largest absolute Gasteiger partial charge is 0.459 e. The van der Waals surface area contributed by atoms with Crippen LogP contribution in [0.5, 0.6) is 0 Å². The van der Waals surface area contributed by atoms with Gasteiger partial charge in [-0.25, -0.2) is 0 Å². The van der Waals surface area contributed by atoms with Crippen molar-refractivity contribution >= 4 is 23.2 Å². The Kier molecular flexibility index (Phi) is 7.05. The second-order valence-corrected chi connectivity index (χ2v) is 7.08. The Bertz CT molecular complexity index is 767. The van der Waals surface area contributed by atoms with Crippen LogP contribution in [-0.4, -0.2) is 37.4 Å². The highest BCUT2D eigenvalue weighted by Crippen LogP contribution is 2.25. The number of amides is 2. The van der Waals surface area contributed by atoms with Gasteiger partial charge in [0.2, 0.25) is 5.91 Å². The first kappa shape index (κ1) is 20.6. The van der Waals surface area contributed by atoms with Crippen LogP contribution in [0.4, 0.5) is 11.4 Å². The molecule has 1 N–H and O–H groups in total. The molecule has 6 nitrogen and oxygen atoms in total. The minimum absolute atomic E-state index is 0.0544. The van der Waals surface area contributed by atoms with Gasteiger partial charge < -0.3 is 19.5 Å². The fourth-order valence-electron chi connectivity index (χ4n) is 2.93. The van der Waals surface area contributed by atoms with Gasteiger partial charge in [0.1, 0.15) is 0 Å². The second-order valence-electron chi connectivity index (χ2n) is 7.08. The monoisotopic (exact) mass is 371 g/mol. The van der Waals surface area contributed by atoms with Crippen LogP contribution in [0.1, 0.15) is 43.3 Å². The smallest absolute Gasteiger partial charge is 0.291 e. The zero-order valence-corrected chi connectivity index (χ0v) is 16.8. The third kappa shape index (κ3) is 5.36. The van der Waals surface area contributed by atoms with Gasteiger partial charge in [-0.1, -0.05) is 20.8 Å². The Hall–Kier alpha value is -2.76. The Morgan fingerprint density at radius 2 is 1.93 bits per heavy atom. The number of nitrogens with zero attached hydrogens (tertiary/aromatic N) is 2. The number of rotatable bonds is 8. The molecule has 6 heteroatoms. The summed E-state index contributed by atoms with van der Waals surface area (Å²) in [7, 11) is 3.93. The van der Waals surface area contributed by atoms with Gasteiger partial charge in [-0.2, -0.15) is 0 Å². The highest BCUT2D eigenvalue weighted by atomic mass is 16.3. The van der Waals surface area contributed by atoms with E-state index < -0.39 is 0 Å². The van der Waals surface area contributed by atoms with Crippen LogP contribution in [0.15, 0.2) is 41.0 Å². The average molecular weight is 371 g/mol. The van der Waals surface area contributed by atoms with Gasteiger partial charge in [0.15, 0.2) is 5.76 Å². The summed E-state index contributed by atoms with van der Waals surface area (Å²) in [4.78, 5) is 28.7. The van der Waals surface area contributed by atoms with Crippen molar-refractivity contribution in [1.82, 2.24) is 4.90 Å². The number of benzene rings is 1. The molecule has 0 spiro atoms. The Balaban J connectivity index is 2.28. The molecule has 0 unspecified atom stereocenters. The van der Waals surface area contributed by atoms with Gasteiger partial charge in [-0.05, 0) is 42.3 Å². The Morgan fingerprint density at radius 1 is 1.19 bits per heavy atom. The first-order chi connectivity index (χ1) is 12.8. The first-order valence-electron chi connectivity index (χ1n) is 9.27. The van der Waals surface area contributed by atoms with Crippen molar-refractivity contribution in [3.8, 4) is 0 Å². The fraction of sp³-hybridized carbons (Fsp3) is 0.429. The lowest BCUT2D eigenvalue weighted by atomic mass is 10.1. The summed E-state index contributed by atoms with van der Waals surface area (Å²) in [6, 6.07) is 9.03. The van der Waals surface area contributed by atoms with E-state index >= 15 is 0 Å². The van der Waals surface area contributed by atoms with E-state index in [2.05, 4.69) is 12.2 Å². The molecule has 0 fully saturated rings. The van der Waals surface area contributed by atoms with Gasteiger partial charge in [-0.3, -0.25) is 9.59 Å². The summed E-state index contributed by atoms with van der Waals surface area (Å²) in [5, 5.41) is 2.85. The average Bonchev–Trinajstić information content (AvgIpc) is 3.15. The topological polar surface area (TPSA) is 65.8 Å². The molecule has 0 bridgehead atoms. The van der Waals surface area contributed by atoms with E-state index in [1.807, 2.05) is 55.9 Å². The number of hydrogen-bond donors (Lipinski definition) is 1. The van der Waals surface area contributed by atoms with E-state index in [0.717, 1.165) is 17.7 Å². The zero-order valence-electron chi connectivity index (χ0n) is 16.8. The summed E-state index contributed by atoms with van der Waals surface area (Å²) in [6.07, 6.45) is 2.36. The number of carbonyl (C=O) groups excluding carboxylic acids is 2. The number of hydrogen-bond acceptors (Lipinski definition) is 4. The fourth-order valence-corrected chi connectivity index (χ4v) is 2.93. The molecular weight excluding hydrogens is 342 g/mol. The number of anilines is 2.